The molecular formula is C14H18ClN5O2. The molecule has 1 N–H and O–H groups in total. The molecule has 0 aliphatic rings. The monoisotopic (exact) mass is 323 g/mol. The molecule has 0 atom stereocenters. The normalized spacial score (nSPS) is 10.9. The highest BCUT2D eigenvalue weighted by molar-refractivity contribution is 6.32. The van der Waals surface area contributed by atoms with Crippen LogP contribution in [0, 0.1) is 5.92 Å². The smallest absolute Gasteiger partial charge is 0.354 e. The van der Waals surface area contributed by atoms with Gasteiger partial charge in [0.1, 0.15) is 6.54 Å². The highest BCUT2D eigenvalue weighted by Crippen LogP contribution is 2.16. The highest BCUT2D eigenvalue weighted by Gasteiger charge is 2.13. The molecule has 118 valence electrons. The second kappa shape index (κ2) is 7.22. The van der Waals surface area contributed by atoms with E-state index in [1.165, 1.54) is 0 Å². The lowest BCUT2D eigenvalue weighted by Gasteiger charge is -2.06. The van der Waals surface area contributed by atoms with Crippen LogP contribution in [0.5, 0.6) is 0 Å². The van der Waals surface area contributed by atoms with Gasteiger partial charge in [-0.25, -0.2) is 4.79 Å². The van der Waals surface area contributed by atoms with Gasteiger partial charge < -0.3 is 5.32 Å². The van der Waals surface area contributed by atoms with E-state index in [0.717, 1.165) is 15.8 Å². The zero-order chi connectivity index (χ0) is 16.1. The van der Waals surface area contributed by atoms with Crippen LogP contribution in [0.4, 0.5) is 0 Å². The molecule has 0 fully saturated rings. The number of benzene rings is 1. The van der Waals surface area contributed by atoms with E-state index in [0.29, 0.717) is 23.2 Å². The Morgan fingerprint density at radius 3 is 2.73 bits per heavy atom. The summed E-state index contributed by atoms with van der Waals surface area (Å²) in [5, 5.41) is 10.6. The SMILES string of the molecule is CC(C)CCNC(=O)Cn1nnn(-c2ccccc2Cl)c1=O. The maximum absolute atomic E-state index is 12.2. The lowest BCUT2D eigenvalue weighted by Crippen LogP contribution is -2.34. The molecule has 0 radical (unpaired) electrons. The van der Waals surface area contributed by atoms with Gasteiger partial charge in [0.2, 0.25) is 5.91 Å². The summed E-state index contributed by atoms with van der Waals surface area (Å²) < 4.78 is 2.08. The molecule has 0 aliphatic carbocycles. The summed E-state index contributed by atoms with van der Waals surface area (Å²) in [6.07, 6.45) is 0.882. The molecule has 1 aromatic heterocycles. The first-order valence-electron chi connectivity index (χ1n) is 7.03. The summed E-state index contributed by atoms with van der Waals surface area (Å²) in [6, 6.07) is 6.81. The molecule has 2 rings (SSSR count). The predicted octanol–water partition coefficient (Wildman–Crippen LogP) is 1.24. The second-order valence-electron chi connectivity index (χ2n) is 5.31. The molecule has 0 unspecified atom stereocenters. The fourth-order valence-electron chi connectivity index (χ4n) is 1.84. The first-order valence-corrected chi connectivity index (χ1v) is 7.41. The van der Waals surface area contributed by atoms with Gasteiger partial charge >= 0.3 is 5.69 Å². The summed E-state index contributed by atoms with van der Waals surface area (Å²) in [5.74, 6) is 0.234. The largest absolute Gasteiger partial charge is 0.369 e. The number of rotatable bonds is 6. The van der Waals surface area contributed by atoms with Crippen LogP contribution in [0.3, 0.4) is 0 Å². The molecule has 22 heavy (non-hydrogen) atoms. The Morgan fingerprint density at radius 1 is 1.32 bits per heavy atom. The minimum atomic E-state index is -0.507. The number of carbonyl (C=O) groups is 1. The summed E-state index contributed by atoms with van der Waals surface area (Å²) in [6.45, 7) is 4.56. The summed E-state index contributed by atoms with van der Waals surface area (Å²) >= 11 is 6.03. The van der Waals surface area contributed by atoms with Gasteiger partial charge in [-0.05, 0) is 34.9 Å². The van der Waals surface area contributed by atoms with E-state index in [2.05, 4.69) is 29.6 Å². The Hall–Kier alpha value is -2.15. The fourth-order valence-corrected chi connectivity index (χ4v) is 2.06. The Morgan fingerprint density at radius 2 is 2.05 bits per heavy atom. The number of hydrogen-bond acceptors (Lipinski definition) is 4. The molecule has 0 saturated carbocycles. The lowest BCUT2D eigenvalue weighted by molar-refractivity contribution is -0.121. The molecule has 2 aromatic rings. The molecule has 1 heterocycles. The van der Waals surface area contributed by atoms with Crippen molar-refractivity contribution in [2.45, 2.75) is 26.8 Å². The number of aromatic nitrogens is 4. The van der Waals surface area contributed by atoms with Crippen LogP contribution in [0.25, 0.3) is 5.69 Å². The van der Waals surface area contributed by atoms with Crippen LogP contribution in [0.15, 0.2) is 29.1 Å². The summed E-state index contributed by atoms with van der Waals surface area (Å²) in [5.41, 5.74) is -0.0762. The summed E-state index contributed by atoms with van der Waals surface area (Å²) in [7, 11) is 0. The van der Waals surface area contributed by atoms with Crippen LogP contribution < -0.4 is 11.0 Å². The number of nitrogens with one attached hydrogen (secondary N) is 1. The third-order valence-electron chi connectivity index (χ3n) is 3.06. The number of nitrogens with zero attached hydrogens (tertiary/aromatic N) is 4. The first-order chi connectivity index (χ1) is 10.5. The second-order valence-corrected chi connectivity index (χ2v) is 5.72. The highest BCUT2D eigenvalue weighted by atomic mass is 35.5. The lowest BCUT2D eigenvalue weighted by atomic mass is 10.1. The molecule has 1 amide bonds. The van der Waals surface area contributed by atoms with Crippen molar-refractivity contribution in [1.82, 2.24) is 25.1 Å². The van der Waals surface area contributed by atoms with Crippen molar-refractivity contribution in [3.63, 3.8) is 0 Å². The van der Waals surface area contributed by atoms with Gasteiger partial charge in [0, 0.05) is 6.54 Å². The number of amides is 1. The van der Waals surface area contributed by atoms with Gasteiger partial charge in [-0.3, -0.25) is 4.79 Å². The molecular weight excluding hydrogens is 306 g/mol. The average Bonchev–Trinajstić information content (AvgIpc) is 2.80. The maximum atomic E-state index is 12.2. The average molecular weight is 324 g/mol. The van der Waals surface area contributed by atoms with E-state index < -0.39 is 5.69 Å². The Bertz CT molecular complexity index is 707. The van der Waals surface area contributed by atoms with Gasteiger partial charge in [0.15, 0.2) is 0 Å². The number of hydrogen-bond donors (Lipinski definition) is 1. The Kier molecular flexibility index (Phi) is 5.32. The van der Waals surface area contributed by atoms with Crippen LogP contribution in [0.2, 0.25) is 5.02 Å². The standard InChI is InChI=1S/C14H18ClN5O2/c1-10(2)7-8-16-13(21)9-19-14(22)20(18-17-19)12-6-4-3-5-11(12)15/h3-6,10H,7-9H2,1-2H3,(H,16,21). The van der Waals surface area contributed by atoms with Crippen molar-refractivity contribution in [3.8, 4) is 5.69 Å². The van der Waals surface area contributed by atoms with E-state index in [-0.39, 0.29) is 12.5 Å². The van der Waals surface area contributed by atoms with Crippen molar-refractivity contribution >= 4 is 17.5 Å². The minimum Gasteiger partial charge on any atom is -0.354 e. The zero-order valence-electron chi connectivity index (χ0n) is 12.5. The van der Waals surface area contributed by atoms with Crippen LogP contribution >= 0.6 is 11.6 Å². The number of tetrazole rings is 1. The van der Waals surface area contributed by atoms with Crippen molar-refractivity contribution in [2.75, 3.05) is 6.54 Å². The van der Waals surface area contributed by atoms with Crippen LogP contribution in [0.1, 0.15) is 20.3 Å². The first kappa shape index (κ1) is 16.2. The van der Waals surface area contributed by atoms with Crippen LogP contribution in [-0.4, -0.2) is 32.2 Å². The van der Waals surface area contributed by atoms with Gasteiger partial charge in [-0.2, -0.15) is 9.36 Å². The molecule has 0 saturated heterocycles. The quantitative estimate of drug-likeness (QED) is 0.867. The summed E-state index contributed by atoms with van der Waals surface area (Å²) in [4.78, 5) is 24.0. The Labute approximate surface area is 132 Å². The third-order valence-corrected chi connectivity index (χ3v) is 3.38. The molecule has 0 bridgehead atoms. The molecule has 0 spiro atoms. The van der Waals surface area contributed by atoms with Crippen molar-refractivity contribution in [1.29, 1.82) is 0 Å². The molecule has 8 heteroatoms. The van der Waals surface area contributed by atoms with E-state index in [9.17, 15) is 9.59 Å². The van der Waals surface area contributed by atoms with Gasteiger partial charge in [-0.1, -0.05) is 37.6 Å². The number of halogens is 1. The van der Waals surface area contributed by atoms with Gasteiger partial charge in [0.25, 0.3) is 0 Å². The number of para-hydroxylation sites is 1. The van der Waals surface area contributed by atoms with Crippen molar-refractivity contribution in [3.05, 3.63) is 39.8 Å². The minimum absolute atomic E-state index is 0.165. The predicted molar refractivity (Wildman–Crippen MR) is 83.1 cm³/mol. The van der Waals surface area contributed by atoms with E-state index in [1.54, 1.807) is 24.3 Å². The Balaban J connectivity index is 2.07. The third kappa shape index (κ3) is 3.94. The van der Waals surface area contributed by atoms with Crippen LogP contribution in [-0.2, 0) is 11.3 Å². The van der Waals surface area contributed by atoms with E-state index >= 15 is 0 Å². The zero-order valence-corrected chi connectivity index (χ0v) is 13.2. The van der Waals surface area contributed by atoms with E-state index in [1.807, 2.05) is 0 Å². The number of carbonyl (C=O) groups excluding carboxylic acids is 1. The van der Waals surface area contributed by atoms with Crippen molar-refractivity contribution < 1.29 is 4.79 Å². The fraction of sp³-hybridized carbons (Fsp3) is 0.429. The van der Waals surface area contributed by atoms with Gasteiger partial charge in [-0.15, -0.1) is 0 Å². The molecule has 1 aromatic carbocycles. The topological polar surface area (TPSA) is 81.8 Å². The maximum Gasteiger partial charge on any atom is 0.369 e. The van der Waals surface area contributed by atoms with Crippen molar-refractivity contribution in [2.24, 2.45) is 5.92 Å². The molecule has 7 nitrogen and oxygen atoms in total. The van der Waals surface area contributed by atoms with Gasteiger partial charge in [0.05, 0.1) is 10.7 Å². The molecule has 0 aliphatic heterocycles. The van der Waals surface area contributed by atoms with E-state index in [4.69, 9.17) is 11.6 Å².